The first-order valence-corrected chi connectivity index (χ1v) is 13.5. The molecule has 0 spiro atoms. The number of aliphatic hydroxyl groups is 1. The van der Waals surface area contributed by atoms with Gasteiger partial charge in [-0.2, -0.15) is 0 Å². The summed E-state index contributed by atoms with van der Waals surface area (Å²) in [6.07, 6.45) is 7.11. The molecular formula is C30H41NO5. The van der Waals surface area contributed by atoms with E-state index in [9.17, 15) is 9.90 Å². The molecule has 1 aliphatic heterocycles. The van der Waals surface area contributed by atoms with E-state index >= 15 is 0 Å². The number of benzene rings is 2. The Morgan fingerprint density at radius 2 is 2.00 bits per heavy atom. The zero-order chi connectivity index (χ0) is 25.5. The fourth-order valence-corrected chi connectivity index (χ4v) is 5.11. The standard InChI is InChI=1S/C30H41NO5/c1-4-34-29(33)9-7-5-6-8-21-10-11-22-12-14-26(18-24(22)16-21)31-19-27(32)23-13-15-28-25(17-23)20-35-30(2,3)36-28/h10-11,13,15-17,26-27,31-32H,4-9,12,14,18-20H2,1-3H3/t26-,27+/m0/s1. The van der Waals surface area contributed by atoms with Crippen molar-refractivity contribution in [3.05, 3.63) is 64.2 Å². The number of nitrogens with one attached hydrogen (secondary N) is 1. The Kier molecular flexibility index (Phi) is 9.04. The molecule has 0 radical (unpaired) electrons. The van der Waals surface area contributed by atoms with Crippen molar-refractivity contribution in [2.45, 2.75) is 96.7 Å². The summed E-state index contributed by atoms with van der Waals surface area (Å²) < 4.78 is 16.6. The van der Waals surface area contributed by atoms with Crippen LogP contribution in [0.1, 0.15) is 86.8 Å². The lowest BCUT2D eigenvalue weighted by molar-refractivity contribution is -0.180. The summed E-state index contributed by atoms with van der Waals surface area (Å²) in [6, 6.07) is 13.1. The summed E-state index contributed by atoms with van der Waals surface area (Å²) in [6.45, 7) is 7.12. The highest BCUT2D eigenvalue weighted by Crippen LogP contribution is 2.33. The van der Waals surface area contributed by atoms with Crippen LogP contribution in [0.25, 0.3) is 0 Å². The van der Waals surface area contributed by atoms with Gasteiger partial charge in [0, 0.05) is 38.4 Å². The maximum Gasteiger partial charge on any atom is 0.305 e. The molecule has 0 aromatic heterocycles. The molecule has 2 aromatic carbocycles. The fraction of sp³-hybridized carbons (Fsp3) is 0.567. The van der Waals surface area contributed by atoms with Gasteiger partial charge in [0.2, 0.25) is 5.79 Å². The molecule has 1 aliphatic carbocycles. The highest BCUT2D eigenvalue weighted by molar-refractivity contribution is 5.69. The summed E-state index contributed by atoms with van der Waals surface area (Å²) in [7, 11) is 0. The van der Waals surface area contributed by atoms with Gasteiger partial charge in [-0.05, 0) is 79.8 Å². The predicted octanol–water partition coefficient (Wildman–Crippen LogP) is 5.18. The summed E-state index contributed by atoms with van der Waals surface area (Å²) in [4.78, 5) is 11.5. The molecule has 4 rings (SSSR count). The first kappa shape index (κ1) is 26.6. The number of esters is 1. The molecule has 0 fully saturated rings. The summed E-state index contributed by atoms with van der Waals surface area (Å²) in [5.41, 5.74) is 6.09. The van der Waals surface area contributed by atoms with Crippen LogP contribution in [0, 0.1) is 0 Å². The van der Waals surface area contributed by atoms with Crippen molar-refractivity contribution in [2.24, 2.45) is 0 Å². The average Bonchev–Trinajstić information content (AvgIpc) is 2.86. The second kappa shape index (κ2) is 12.2. The van der Waals surface area contributed by atoms with Gasteiger partial charge in [0.25, 0.3) is 0 Å². The Balaban J connectivity index is 1.24. The largest absolute Gasteiger partial charge is 0.466 e. The zero-order valence-corrected chi connectivity index (χ0v) is 22.0. The summed E-state index contributed by atoms with van der Waals surface area (Å²) >= 11 is 0. The topological polar surface area (TPSA) is 77.0 Å². The van der Waals surface area contributed by atoms with E-state index in [2.05, 4.69) is 23.5 Å². The van der Waals surface area contributed by atoms with Gasteiger partial charge in [-0.3, -0.25) is 4.79 Å². The van der Waals surface area contributed by atoms with Gasteiger partial charge in [-0.15, -0.1) is 0 Å². The minimum absolute atomic E-state index is 0.0892. The van der Waals surface area contributed by atoms with Crippen LogP contribution >= 0.6 is 0 Å². The number of ether oxygens (including phenoxy) is 3. The average molecular weight is 496 g/mol. The maximum absolute atomic E-state index is 11.5. The fourth-order valence-electron chi connectivity index (χ4n) is 5.11. The minimum atomic E-state index is -0.615. The van der Waals surface area contributed by atoms with Gasteiger partial charge >= 0.3 is 5.97 Å². The third-order valence-corrected chi connectivity index (χ3v) is 7.15. The number of aliphatic hydroxyl groups excluding tert-OH is 1. The Morgan fingerprint density at radius 3 is 2.83 bits per heavy atom. The van der Waals surface area contributed by atoms with Crippen LogP contribution in [0.15, 0.2) is 36.4 Å². The molecule has 1 heterocycles. The second-order valence-corrected chi connectivity index (χ2v) is 10.5. The van der Waals surface area contributed by atoms with E-state index in [1.165, 1.54) is 16.7 Å². The quantitative estimate of drug-likeness (QED) is 0.331. The van der Waals surface area contributed by atoms with Crippen molar-refractivity contribution in [2.75, 3.05) is 13.2 Å². The van der Waals surface area contributed by atoms with Crippen molar-refractivity contribution in [3.63, 3.8) is 0 Å². The second-order valence-electron chi connectivity index (χ2n) is 10.5. The van der Waals surface area contributed by atoms with Crippen LogP contribution in [0.4, 0.5) is 0 Å². The number of aryl methyl sites for hydroxylation is 2. The SMILES string of the molecule is CCOC(=O)CCCCCc1ccc2c(c1)C[C@@H](NC[C@@H](O)c1ccc3c(c1)COC(C)(C)O3)CC2. The smallest absolute Gasteiger partial charge is 0.305 e. The van der Waals surface area contributed by atoms with E-state index < -0.39 is 11.9 Å². The number of hydrogen-bond acceptors (Lipinski definition) is 6. The summed E-state index contributed by atoms with van der Waals surface area (Å²) in [5, 5.41) is 14.4. The van der Waals surface area contributed by atoms with Gasteiger partial charge in [0.15, 0.2) is 0 Å². The first-order valence-electron chi connectivity index (χ1n) is 13.5. The molecule has 0 saturated heterocycles. The monoisotopic (exact) mass is 495 g/mol. The van der Waals surface area contributed by atoms with Crippen LogP contribution in [0.5, 0.6) is 5.75 Å². The Morgan fingerprint density at radius 1 is 1.14 bits per heavy atom. The van der Waals surface area contributed by atoms with Crippen molar-refractivity contribution in [3.8, 4) is 5.75 Å². The molecular weight excluding hydrogens is 454 g/mol. The predicted molar refractivity (Wildman–Crippen MR) is 140 cm³/mol. The van der Waals surface area contributed by atoms with Crippen molar-refractivity contribution < 1.29 is 24.1 Å². The lowest BCUT2D eigenvalue weighted by Crippen LogP contribution is -2.37. The lowest BCUT2D eigenvalue weighted by atomic mass is 9.86. The lowest BCUT2D eigenvalue weighted by Gasteiger charge is -2.33. The number of carbonyl (C=O) groups is 1. The van der Waals surface area contributed by atoms with E-state index in [0.29, 0.717) is 32.2 Å². The molecule has 0 unspecified atom stereocenters. The van der Waals surface area contributed by atoms with Gasteiger partial charge in [0.05, 0.1) is 19.3 Å². The number of hydrogen-bond donors (Lipinski definition) is 2. The molecule has 36 heavy (non-hydrogen) atoms. The summed E-state index contributed by atoms with van der Waals surface area (Å²) in [5.74, 6) is 0.123. The third kappa shape index (κ3) is 7.31. The van der Waals surface area contributed by atoms with Crippen LogP contribution in [-0.2, 0) is 40.1 Å². The van der Waals surface area contributed by atoms with E-state index in [1.54, 1.807) is 0 Å². The molecule has 2 N–H and O–H groups in total. The number of unbranched alkanes of at least 4 members (excludes halogenated alkanes) is 2. The van der Waals surface area contributed by atoms with E-state index in [4.69, 9.17) is 14.2 Å². The van der Waals surface area contributed by atoms with E-state index in [-0.39, 0.29) is 5.97 Å². The van der Waals surface area contributed by atoms with Crippen LogP contribution < -0.4 is 10.1 Å². The molecule has 2 aliphatic rings. The zero-order valence-electron chi connectivity index (χ0n) is 22.0. The first-order chi connectivity index (χ1) is 17.3. The van der Waals surface area contributed by atoms with E-state index in [1.807, 2.05) is 39.0 Å². The Labute approximate surface area is 215 Å². The molecule has 196 valence electrons. The van der Waals surface area contributed by atoms with Gasteiger partial charge in [-0.1, -0.05) is 30.7 Å². The highest BCUT2D eigenvalue weighted by Gasteiger charge is 2.28. The van der Waals surface area contributed by atoms with Crippen LogP contribution in [-0.4, -0.2) is 36.1 Å². The number of rotatable bonds is 11. The molecule has 0 bridgehead atoms. The van der Waals surface area contributed by atoms with Gasteiger partial charge in [0.1, 0.15) is 5.75 Å². The maximum atomic E-state index is 11.5. The van der Waals surface area contributed by atoms with Crippen LogP contribution in [0.3, 0.4) is 0 Å². The molecule has 2 aromatic rings. The number of carbonyl (C=O) groups excluding carboxylic acids is 1. The number of fused-ring (bicyclic) bond motifs is 2. The van der Waals surface area contributed by atoms with E-state index in [0.717, 1.165) is 61.8 Å². The van der Waals surface area contributed by atoms with Crippen molar-refractivity contribution in [1.82, 2.24) is 5.32 Å². The molecule has 0 saturated carbocycles. The molecule has 0 amide bonds. The molecule has 6 nitrogen and oxygen atoms in total. The highest BCUT2D eigenvalue weighted by atomic mass is 16.7. The Hall–Kier alpha value is -2.41. The third-order valence-electron chi connectivity index (χ3n) is 7.15. The normalized spacial score (nSPS) is 19.1. The van der Waals surface area contributed by atoms with Crippen molar-refractivity contribution in [1.29, 1.82) is 0 Å². The van der Waals surface area contributed by atoms with Gasteiger partial charge < -0.3 is 24.6 Å². The minimum Gasteiger partial charge on any atom is -0.466 e. The molecule has 2 atom stereocenters. The van der Waals surface area contributed by atoms with Gasteiger partial charge in [-0.25, -0.2) is 0 Å². The van der Waals surface area contributed by atoms with Crippen molar-refractivity contribution >= 4 is 5.97 Å². The van der Waals surface area contributed by atoms with Crippen LogP contribution in [0.2, 0.25) is 0 Å². The Bertz CT molecular complexity index is 1030. The molecule has 6 heteroatoms.